The molecule has 1 rings (SSSR count). The minimum absolute atomic E-state index is 0.677. The summed E-state index contributed by atoms with van der Waals surface area (Å²) in [5.41, 5.74) is 0. The molecule has 0 bridgehead atoms. The average molecular weight is 185 g/mol. The van der Waals surface area contributed by atoms with Gasteiger partial charge in [0.15, 0.2) is 0 Å². The van der Waals surface area contributed by atoms with E-state index in [9.17, 15) is 0 Å². The molecular formula is C11H23NO. The van der Waals surface area contributed by atoms with Gasteiger partial charge in [0.25, 0.3) is 0 Å². The van der Waals surface area contributed by atoms with Gasteiger partial charge < -0.3 is 0 Å². The van der Waals surface area contributed by atoms with Gasteiger partial charge in [0.05, 0.1) is 6.61 Å². The molecule has 2 heteroatoms. The van der Waals surface area contributed by atoms with Gasteiger partial charge in [-0.1, -0.05) is 26.7 Å². The molecule has 0 radical (unpaired) electrons. The van der Waals surface area contributed by atoms with Crippen LogP contribution in [0.2, 0.25) is 0 Å². The Balaban J connectivity index is 2.31. The van der Waals surface area contributed by atoms with E-state index in [4.69, 9.17) is 4.84 Å². The normalized spacial score (nSPS) is 28.6. The number of hydrogen-bond donors (Lipinski definition) is 0. The van der Waals surface area contributed by atoms with Crippen molar-refractivity contribution in [3.05, 3.63) is 0 Å². The lowest BCUT2D eigenvalue weighted by Crippen LogP contribution is -2.34. The fourth-order valence-electron chi connectivity index (χ4n) is 2.30. The van der Waals surface area contributed by atoms with Gasteiger partial charge in [-0.25, -0.2) is 0 Å². The van der Waals surface area contributed by atoms with Crippen molar-refractivity contribution in [2.45, 2.75) is 52.0 Å². The fraction of sp³-hybridized carbons (Fsp3) is 1.00. The molecule has 2 unspecified atom stereocenters. The van der Waals surface area contributed by atoms with Gasteiger partial charge in [-0.15, -0.1) is 0 Å². The van der Waals surface area contributed by atoms with E-state index >= 15 is 0 Å². The second-order valence-corrected chi connectivity index (χ2v) is 4.05. The molecule has 1 aliphatic rings. The van der Waals surface area contributed by atoms with Crippen LogP contribution in [0.1, 0.15) is 46.0 Å². The van der Waals surface area contributed by atoms with E-state index in [2.05, 4.69) is 26.0 Å². The fourth-order valence-corrected chi connectivity index (χ4v) is 2.30. The van der Waals surface area contributed by atoms with E-state index in [0.717, 1.165) is 18.9 Å². The third kappa shape index (κ3) is 2.96. The van der Waals surface area contributed by atoms with Crippen molar-refractivity contribution in [1.29, 1.82) is 0 Å². The molecule has 0 heterocycles. The lowest BCUT2D eigenvalue weighted by molar-refractivity contribution is -0.174. The number of hydrogen-bond acceptors (Lipinski definition) is 2. The molecule has 1 aliphatic carbocycles. The van der Waals surface area contributed by atoms with Gasteiger partial charge in [-0.3, -0.25) is 4.84 Å². The molecule has 0 N–H and O–H groups in total. The largest absolute Gasteiger partial charge is 0.299 e. The van der Waals surface area contributed by atoms with Gasteiger partial charge in [0.2, 0.25) is 0 Å². The van der Waals surface area contributed by atoms with Crippen molar-refractivity contribution < 1.29 is 4.84 Å². The first-order valence-electron chi connectivity index (χ1n) is 5.65. The predicted octanol–water partition coefficient (Wildman–Crippen LogP) is 2.84. The number of rotatable bonds is 5. The maximum Gasteiger partial charge on any atom is 0.0682 e. The van der Waals surface area contributed by atoms with Crippen LogP contribution in [0.5, 0.6) is 0 Å². The summed E-state index contributed by atoms with van der Waals surface area (Å²) < 4.78 is 0. The number of nitrogens with zero attached hydrogens (tertiary/aromatic N) is 1. The zero-order valence-corrected chi connectivity index (χ0v) is 9.25. The molecule has 0 aromatic carbocycles. The van der Waals surface area contributed by atoms with Crippen LogP contribution in [0, 0.1) is 5.92 Å². The molecule has 2 atom stereocenters. The molecule has 1 saturated carbocycles. The Bertz CT molecular complexity index is 138. The second kappa shape index (κ2) is 5.61. The van der Waals surface area contributed by atoms with Crippen LogP contribution >= 0.6 is 0 Å². The quantitative estimate of drug-likeness (QED) is 0.611. The summed E-state index contributed by atoms with van der Waals surface area (Å²) in [7, 11) is 2.09. The van der Waals surface area contributed by atoms with Crippen molar-refractivity contribution in [2.24, 2.45) is 5.92 Å². The van der Waals surface area contributed by atoms with Crippen molar-refractivity contribution >= 4 is 0 Å². The van der Waals surface area contributed by atoms with Crippen molar-refractivity contribution in [3.8, 4) is 0 Å². The van der Waals surface area contributed by atoms with E-state index in [1.165, 1.54) is 25.7 Å². The van der Waals surface area contributed by atoms with E-state index < -0.39 is 0 Å². The SMILES string of the molecule is CCCON(C)C1CCCC1CC. The Morgan fingerprint density at radius 1 is 1.31 bits per heavy atom. The first-order chi connectivity index (χ1) is 6.29. The monoisotopic (exact) mass is 185 g/mol. The topological polar surface area (TPSA) is 12.5 Å². The van der Waals surface area contributed by atoms with Crippen molar-refractivity contribution in [2.75, 3.05) is 13.7 Å². The van der Waals surface area contributed by atoms with Gasteiger partial charge in [-0.2, -0.15) is 5.06 Å². The lowest BCUT2D eigenvalue weighted by Gasteiger charge is -2.28. The van der Waals surface area contributed by atoms with Crippen LogP contribution < -0.4 is 0 Å². The van der Waals surface area contributed by atoms with Gasteiger partial charge in [0.1, 0.15) is 0 Å². The van der Waals surface area contributed by atoms with Crippen LogP contribution in [0.3, 0.4) is 0 Å². The highest BCUT2D eigenvalue weighted by molar-refractivity contribution is 4.80. The summed E-state index contributed by atoms with van der Waals surface area (Å²) >= 11 is 0. The predicted molar refractivity (Wildman–Crippen MR) is 55.4 cm³/mol. The maximum atomic E-state index is 5.64. The summed E-state index contributed by atoms with van der Waals surface area (Å²) in [5.74, 6) is 0.863. The molecule has 0 amide bonds. The standard InChI is InChI=1S/C11H23NO/c1-4-9-13-12(3)11-8-6-7-10(11)5-2/h10-11H,4-9H2,1-3H3. The zero-order valence-electron chi connectivity index (χ0n) is 9.25. The first kappa shape index (κ1) is 11.0. The Morgan fingerprint density at radius 3 is 2.69 bits per heavy atom. The molecule has 0 spiro atoms. The van der Waals surface area contributed by atoms with Gasteiger partial charge in [-0.05, 0) is 25.2 Å². The van der Waals surface area contributed by atoms with Gasteiger partial charge >= 0.3 is 0 Å². The van der Waals surface area contributed by atoms with Crippen LogP contribution in [0.15, 0.2) is 0 Å². The highest BCUT2D eigenvalue weighted by Crippen LogP contribution is 2.31. The molecular weight excluding hydrogens is 162 g/mol. The van der Waals surface area contributed by atoms with Gasteiger partial charge in [0, 0.05) is 13.1 Å². The summed E-state index contributed by atoms with van der Waals surface area (Å²) in [4.78, 5) is 5.64. The van der Waals surface area contributed by atoms with Crippen LogP contribution in [0.25, 0.3) is 0 Å². The molecule has 78 valence electrons. The highest BCUT2D eigenvalue weighted by atomic mass is 16.7. The Labute approximate surface area is 82.2 Å². The Morgan fingerprint density at radius 2 is 2.08 bits per heavy atom. The Kier molecular flexibility index (Phi) is 4.74. The average Bonchev–Trinajstić information content (AvgIpc) is 2.61. The van der Waals surface area contributed by atoms with Crippen LogP contribution in [-0.4, -0.2) is 24.8 Å². The molecule has 0 aromatic heterocycles. The minimum atomic E-state index is 0.677. The van der Waals surface area contributed by atoms with Crippen molar-refractivity contribution in [3.63, 3.8) is 0 Å². The summed E-state index contributed by atoms with van der Waals surface area (Å²) in [5, 5.41) is 2.10. The van der Waals surface area contributed by atoms with E-state index in [0.29, 0.717) is 6.04 Å². The van der Waals surface area contributed by atoms with E-state index in [1.54, 1.807) is 0 Å². The third-order valence-corrected chi connectivity index (χ3v) is 3.11. The van der Waals surface area contributed by atoms with Crippen LogP contribution in [0.4, 0.5) is 0 Å². The molecule has 1 fully saturated rings. The molecule has 13 heavy (non-hydrogen) atoms. The minimum Gasteiger partial charge on any atom is -0.299 e. The Hall–Kier alpha value is -0.0800. The molecule has 0 aliphatic heterocycles. The molecule has 2 nitrogen and oxygen atoms in total. The summed E-state index contributed by atoms with van der Waals surface area (Å²) in [6, 6.07) is 0.677. The van der Waals surface area contributed by atoms with E-state index in [1.807, 2.05) is 0 Å². The summed E-state index contributed by atoms with van der Waals surface area (Å²) in [6.45, 7) is 5.31. The second-order valence-electron chi connectivity index (χ2n) is 4.05. The van der Waals surface area contributed by atoms with Crippen LogP contribution in [-0.2, 0) is 4.84 Å². The molecule has 0 saturated heterocycles. The zero-order chi connectivity index (χ0) is 9.68. The number of hydroxylamine groups is 2. The van der Waals surface area contributed by atoms with Crippen molar-refractivity contribution in [1.82, 2.24) is 5.06 Å². The smallest absolute Gasteiger partial charge is 0.0682 e. The first-order valence-corrected chi connectivity index (χ1v) is 5.65. The summed E-state index contributed by atoms with van der Waals surface area (Å²) in [6.07, 6.45) is 6.49. The maximum absolute atomic E-state index is 5.64. The highest BCUT2D eigenvalue weighted by Gasteiger charge is 2.29. The third-order valence-electron chi connectivity index (χ3n) is 3.11. The lowest BCUT2D eigenvalue weighted by atomic mass is 10.0. The molecule has 0 aromatic rings. The van der Waals surface area contributed by atoms with E-state index in [-0.39, 0.29) is 0 Å².